The fourth-order valence-electron chi connectivity index (χ4n) is 3.17. The van der Waals surface area contributed by atoms with Crippen LogP contribution in [0.1, 0.15) is 29.0 Å². The summed E-state index contributed by atoms with van der Waals surface area (Å²) >= 11 is 0. The highest BCUT2D eigenvalue weighted by Gasteiger charge is 2.21. The van der Waals surface area contributed by atoms with Crippen LogP contribution in [0.15, 0.2) is 41.3 Å². The Balaban J connectivity index is 1.88. The average Bonchev–Trinajstić information content (AvgIpc) is 3.15. The number of carbonyl (C=O) groups excluding carboxylic acids is 1. The first kappa shape index (κ1) is 21.5. The zero-order valence-electron chi connectivity index (χ0n) is 17.0. The van der Waals surface area contributed by atoms with Crippen LogP contribution in [-0.4, -0.2) is 40.6 Å². The number of carbonyl (C=O) groups is 1. The summed E-state index contributed by atoms with van der Waals surface area (Å²) in [5.41, 5.74) is 1.66. The molecular weight excluding hydrogens is 410 g/mol. The second-order valence-electron chi connectivity index (χ2n) is 6.60. The lowest BCUT2D eigenvalue weighted by atomic mass is 10.1. The van der Waals surface area contributed by atoms with Crippen LogP contribution >= 0.6 is 0 Å². The van der Waals surface area contributed by atoms with E-state index in [0.717, 1.165) is 10.9 Å². The van der Waals surface area contributed by atoms with Gasteiger partial charge in [-0.1, -0.05) is 12.1 Å². The second-order valence-corrected chi connectivity index (χ2v) is 8.16. The van der Waals surface area contributed by atoms with Gasteiger partial charge in [-0.2, -0.15) is 0 Å². The summed E-state index contributed by atoms with van der Waals surface area (Å²) in [7, 11) is 0.761. The van der Waals surface area contributed by atoms with Gasteiger partial charge in [-0.05, 0) is 36.8 Å². The number of amides is 1. The largest absolute Gasteiger partial charge is 0.493 e. The molecule has 160 valence electrons. The Labute approximate surface area is 174 Å². The van der Waals surface area contributed by atoms with Crippen LogP contribution in [-0.2, 0) is 10.0 Å². The van der Waals surface area contributed by atoms with E-state index in [2.05, 4.69) is 10.3 Å². The molecule has 0 aliphatic carbocycles. The molecule has 10 heteroatoms. The Morgan fingerprint density at radius 3 is 2.20 bits per heavy atom. The molecule has 0 radical (unpaired) electrons. The van der Waals surface area contributed by atoms with Gasteiger partial charge in [-0.15, -0.1) is 0 Å². The maximum Gasteiger partial charge on any atom is 0.268 e. The number of H-pyrrole nitrogens is 1. The first-order chi connectivity index (χ1) is 14.2. The average molecular weight is 433 g/mol. The molecule has 0 bridgehead atoms. The molecular formula is C20H23N3O6S. The van der Waals surface area contributed by atoms with Gasteiger partial charge >= 0.3 is 0 Å². The number of fused-ring (bicyclic) bond motifs is 1. The quantitative estimate of drug-likeness (QED) is 0.524. The number of hydrogen-bond acceptors (Lipinski definition) is 6. The Morgan fingerprint density at radius 2 is 1.67 bits per heavy atom. The van der Waals surface area contributed by atoms with Gasteiger partial charge in [0.1, 0.15) is 5.69 Å². The molecule has 0 saturated heterocycles. The van der Waals surface area contributed by atoms with Crippen LogP contribution in [0, 0.1) is 0 Å². The summed E-state index contributed by atoms with van der Waals surface area (Å²) in [4.78, 5) is 15.8. The van der Waals surface area contributed by atoms with Crippen LogP contribution in [0.3, 0.4) is 0 Å². The summed E-state index contributed by atoms with van der Waals surface area (Å²) in [5, 5.41) is 8.71. The Hall–Kier alpha value is -3.24. The highest BCUT2D eigenvalue weighted by Crippen LogP contribution is 2.43. The number of nitrogens with two attached hydrogens (primary N) is 1. The fraction of sp³-hybridized carbons (Fsp3) is 0.250. The molecule has 30 heavy (non-hydrogen) atoms. The highest BCUT2D eigenvalue weighted by atomic mass is 32.2. The van der Waals surface area contributed by atoms with Gasteiger partial charge in [0.25, 0.3) is 5.91 Å². The van der Waals surface area contributed by atoms with E-state index in [0.29, 0.717) is 28.5 Å². The molecule has 1 aromatic heterocycles. The summed E-state index contributed by atoms with van der Waals surface area (Å²) in [6.07, 6.45) is 0. The minimum atomic E-state index is -3.77. The van der Waals surface area contributed by atoms with Crippen LogP contribution in [0.25, 0.3) is 10.9 Å². The van der Waals surface area contributed by atoms with Gasteiger partial charge in [-0.3, -0.25) is 4.79 Å². The Morgan fingerprint density at radius 1 is 1.03 bits per heavy atom. The van der Waals surface area contributed by atoms with E-state index in [1.165, 1.54) is 33.5 Å². The molecule has 0 aliphatic heterocycles. The monoisotopic (exact) mass is 433 g/mol. The maximum absolute atomic E-state index is 12.8. The van der Waals surface area contributed by atoms with Gasteiger partial charge in [0.15, 0.2) is 11.5 Å². The first-order valence-electron chi connectivity index (χ1n) is 8.95. The van der Waals surface area contributed by atoms with Crippen LogP contribution in [0.5, 0.6) is 17.2 Å². The van der Waals surface area contributed by atoms with E-state index >= 15 is 0 Å². The van der Waals surface area contributed by atoms with Crippen molar-refractivity contribution in [2.75, 3.05) is 21.3 Å². The Bertz CT molecular complexity index is 1190. The first-order valence-corrected chi connectivity index (χ1v) is 10.5. The van der Waals surface area contributed by atoms with Gasteiger partial charge in [-0.25, -0.2) is 13.6 Å². The molecule has 1 amide bonds. The molecule has 0 saturated carbocycles. The van der Waals surface area contributed by atoms with E-state index in [4.69, 9.17) is 19.3 Å². The van der Waals surface area contributed by atoms with Crippen molar-refractivity contribution in [1.29, 1.82) is 0 Å². The number of benzene rings is 2. The minimum absolute atomic E-state index is 0.00961. The number of aromatic nitrogens is 1. The van der Waals surface area contributed by atoms with Crippen LogP contribution in [0.2, 0.25) is 0 Å². The normalized spacial score (nSPS) is 12.4. The molecule has 1 heterocycles. The lowest BCUT2D eigenvalue weighted by Gasteiger charge is -2.14. The van der Waals surface area contributed by atoms with Gasteiger partial charge in [0, 0.05) is 5.39 Å². The number of ether oxygens (including phenoxy) is 3. The van der Waals surface area contributed by atoms with Gasteiger partial charge in [0.05, 0.1) is 37.8 Å². The SMILES string of the molecule is COc1cc2cc(C(=O)NC(C)c3ccc(S(N)(=O)=O)cc3)[nH]c2c(OC)c1OC. The predicted molar refractivity (Wildman–Crippen MR) is 112 cm³/mol. The molecule has 2 aromatic carbocycles. The van der Waals surface area contributed by atoms with Crippen molar-refractivity contribution in [3.05, 3.63) is 47.7 Å². The number of rotatable bonds is 7. The van der Waals surface area contributed by atoms with Crippen molar-refractivity contribution < 1.29 is 27.4 Å². The third kappa shape index (κ3) is 4.05. The molecule has 4 N–H and O–H groups in total. The fourth-order valence-corrected chi connectivity index (χ4v) is 3.69. The Kier molecular flexibility index (Phi) is 5.90. The zero-order valence-corrected chi connectivity index (χ0v) is 17.8. The third-order valence-corrected chi connectivity index (χ3v) is 5.65. The molecule has 0 fully saturated rings. The second kappa shape index (κ2) is 8.25. The molecule has 3 rings (SSSR count). The van der Waals surface area contributed by atoms with Crippen molar-refractivity contribution in [2.24, 2.45) is 5.14 Å². The van der Waals surface area contributed by atoms with Crippen LogP contribution in [0.4, 0.5) is 0 Å². The molecule has 1 atom stereocenters. The van der Waals surface area contributed by atoms with Crippen molar-refractivity contribution in [2.45, 2.75) is 17.9 Å². The number of hydrogen-bond donors (Lipinski definition) is 3. The molecule has 0 spiro atoms. The summed E-state index contributed by atoms with van der Waals surface area (Å²) in [6.45, 7) is 1.79. The lowest BCUT2D eigenvalue weighted by Crippen LogP contribution is -2.27. The van der Waals surface area contributed by atoms with E-state index in [1.54, 1.807) is 31.2 Å². The number of aromatic amines is 1. The molecule has 1 unspecified atom stereocenters. The number of methoxy groups -OCH3 is 3. The smallest absolute Gasteiger partial charge is 0.268 e. The van der Waals surface area contributed by atoms with E-state index in [-0.39, 0.29) is 16.8 Å². The van der Waals surface area contributed by atoms with Crippen molar-refractivity contribution >= 4 is 26.8 Å². The summed E-state index contributed by atoms with van der Waals surface area (Å²) in [6, 6.07) is 9.08. The standard InChI is InChI=1S/C20H23N3O6S/c1-11(12-5-7-14(8-6-12)30(21,25)26)22-20(24)15-9-13-10-16(27-2)18(28-3)19(29-4)17(13)23-15/h5-11,23H,1-4H3,(H,22,24)(H2,21,25,26). The lowest BCUT2D eigenvalue weighted by molar-refractivity contribution is 0.0935. The van der Waals surface area contributed by atoms with Crippen LogP contribution < -0.4 is 24.7 Å². The third-order valence-electron chi connectivity index (χ3n) is 4.72. The number of primary sulfonamides is 1. The highest BCUT2D eigenvalue weighted by molar-refractivity contribution is 7.89. The topological polar surface area (TPSA) is 133 Å². The van der Waals surface area contributed by atoms with E-state index in [9.17, 15) is 13.2 Å². The summed E-state index contributed by atoms with van der Waals surface area (Å²) < 4.78 is 38.9. The predicted octanol–water partition coefficient (Wildman–Crippen LogP) is 2.33. The van der Waals surface area contributed by atoms with Gasteiger partial charge in [0.2, 0.25) is 15.8 Å². The van der Waals surface area contributed by atoms with E-state index < -0.39 is 10.0 Å². The summed E-state index contributed by atoms with van der Waals surface area (Å²) in [5.74, 6) is 0.993. The number of sulfonamides is 1. The van der Waals surface area contributed by atoms with Gasteiger partial charge < -0.3 is 24.5 Å². The van der Waals surface area contributed by atoms with Crippen molar-refractivity contribution in [1.82, 2.24) is 10.3 Å². The molecule has 3 aromatic rings. The number of nitrogens with one attached hydrogen (secondary N) is 2. The zero-order chi connectivity index (χ0) is 22.1. The van der Waals surface area contributed by atoms with Crippen molar-refractivity contribution in [3.63, 3.8) is 0 Å². The van der Waals surface area contributed by atoms with E-state index in [1.807, 2.05) is 0 Å². The molecule has 9 nitrogen and oxygen atoms in total. The molecule has 0 aliphatic rings. The minimum Gasteiger partial charge on any atom is -0.493 e. The van der Waals surface area contributed by atoms with Crippen molar-refractivity contribution in [3.8, 4) is 17.2 Å². The maximum atomic E-state index is 12.8.